The number of nitrogens with zero attached hydrogens (tertiary/aromatic N) is 4. The van der Waals surface area contributed by atoms with E-state index in [1.165, 1.54) is 29.4 Å². The lowest BCUT2D eigenvalue weighted by Crippen LogP contribution is -2.37. The van der Waals surface area contributed by atoms with E-state index in [1.807, 2.05) is 44.2 Å². The van der Waals surface area contributed by atoms with E-state index in [-0.39, 0.29) is 54.3 Å². The molecule has 0 aliphatic carbocycles. The smallest absolute Gasteiger partial charge is 0.293 e. The van der Waals surface area contributed by atoms with Gasteiger partial charge in [0.1, 0.15) is 6.54 Å². The number of ketones is 1. The maximum absolute atomic E-state index is 12.8. The standard InChI is InChI=1S/C23H29N6O4S/c1-15(2)20-11-29(23(32)22(27-20)26-10-19(24)16(3)28-33)12-21(31)25-9-18(30)14-34-13-17-7-5-4-6-8-17/h4-8,11,15,33H,9-10,12-14H2,1-3H3,(H,25,31)(H,26,27)/q-1/b28-16-. The number of thioether (sulfide) groups is 1. The average Bonchev–Trinajstić information content (AvgIpc) is 2.83. The Bertz CT molecular complexity index is 1100. The molecule has 182 valence electrons. The normalized spacial score (nSPS) is 11.4. The number of aromatic nitrogens is 2. The predicted molar refractivity (Wildman–Crippen MR) is 135 cm³/mol. The molecular formula is C23H29N6O4S-. The molecule has 0 bridgehead atoms. The number of benzene rings is 1. The van der Waals surface area contributed by atoms with Crippen LogP contribution in [-0.2, 0) is 21.9 Å². The van der Waals surface area contributed by atoms with Crippen molar-refractivity contribution in [3.63, 3.8) is 0 Å². The minimum atomic E-state index is -0.560. The van der Waals surface area contributed by atoms with E-state index in [0.717, 1.165) is 5.56 Å². The zero-order valence-electron chi connectivity index (χ0n) is 19.4. The van der Waals surface area contributed by atoms with Gasteiger partial charge < -0.3 is 25.8 Å². The molecule has 3 N–H and O–H groups in total. The molecule has 0 saturated heterocycles. The summed E-state index contributed by atoms with van der Waals surface area (Å²) in [6, 6.07) is 9.79. The molecule has 0 aliphatic heterocycles. The minimum Gasteiger partial charge on any atom is -0.805 e. The number of carbonyl (C=O) groups excluding carboxylic acids is 2. The molecule has 1 heterocycles. The summed E-state index contributed by atoms with van der Waals surface area (Å²) in [6.45, 7) is 4.59. The highest BCUT2D eigenvalue weighted by Crippen LogP contribution is 2.12. The third kappa shape index (κ3) is 8.47. The van der Waals surface area contributed by atoms with Crippen molar-refractivity contribution in [2.45, 2.75) is 39.0 Å². The monoisotopic (exact) mass is 485 g/mol. The second-order valence-electron chi connectivity index (χ2n) is 7.88. The predicted octanol–water partition coefficient (Wildman–Crippen LogP) is 2.26. The summed E-state index contributed by atoms with van der Waals surface area (Å²) in [5.74, 6) is 0.298. The van der Waals surface area contributed by atoms with Crippen LogP contribution >= 0.6 is 11.8 Å². The van der Waals surface area contributed by atoms with Gasteiger partial charge in [-0.1, -0.05) is 49.3 Å². The van der Waals surface area contributed by atoms with E-state index in [9.17, 15) is 19.8 Å². The Labute approximate surface area is 202 Å². The first-order chi connectivity index (χ1) is 16.2. The summed E-state index contributed by atoms with van der Waals surface area (Å²) in [5.41, 5.74) is 0.868. The van der Waals surface area contributed by atoms with E-state index in [4.69, 9.17) is 5.21 Å². The first kappa shape index (κ1) is 26.8. The molecule has 1 aromatic carbocycles. The Balaban J connectivity index is 1.95. The van der Waals surface area contributed by atoms with Crippen molar-refractivity contribution < 1.29 is 14.8 Å². The van der Waals surface area contributed by atoms with Crippen LogP contribution < -0.4 is 16.2 Å². The molecular weight excluding hydrogens is 456 g/mol. The van der Waals surface area contributed by atoms with Crippen LogP contribution in [-0.4, -0.2) is 56.7 Å². The third-order valence-corrected chi connectivity index (χ3v) is 5.81. The molecule has 0 fully saturated rings. The molecule has 0 atom stereocenters. The van der Waals surface area contributed by atoms with E-state index < -0.39 is 11.5 Å². The summed E-state index contributed by atoms with van der Waals surface area (Å²) in [6.07, 6.45) is 1.50. The molecule has 0 unspecified atom stereocenters. The second kappa shape index (κ2) is 13.3. The van der Waals surface area contributed by atoms with Gasteiger partial charge in [-0.2, -0.15) is 0 Å². The highest BCUT2D eigenvalue weighted by Gasteiger charge is 2.14. The van der Waals surface area contributed by atoms with Gasteiger partial charge in [-0.3, -0.25) is 14.4 Å². The number of carbonyl (C=O) groups is 2. The van der Waals surface area contributed by atoms with Gasteiger partial charge in [-0.25, -0.2) is 4.98 Å². The number of Topliss-reactive ketones (excluding diaryl/α,β-unsaturated/α-hetero) is 1. The molecule has 1 aromatic heterocycles. The van der Waals surface area contributed by atoms with Crippen LogP contribution in [0.2, 0.25) is 0 Å². The van der Waals surface area contributed by atoms with Crippen LogP contribution in [0.5, 0.6) is 0 Å². The van der Waals surface area contributed by atoms with Crippen molar-refractivity contribution in [1.29, 1.82) is 0 Å². The highest BCUT2D eigenvalue weighted by atomic mass is 32.2. The molecule has 0 aliphatic rings. The lowest BCUT2D eigenvalue weighted by atomic mass is 10.1. The van der Waals surface area contributed by atoms with Gasteiger partial charge in [0.05, 0.1) is 23.7 Å². The number of rotatable bonds is 13. The Morgan fingerprint density at radius 1 is 1.24 bits per heavy atom. The van der Waals surface area contributed by atoms with E-state index in [0.29, 0.717) is 11.4 Å². The summed E-state index contributed by atoms with van der Waals surface area (Å²) in [4.78, 5) is 41.5. The zero-order valence-corrected chi connectivity index (χ0v) is 20.3. The van der Waals surface area contributed by atoms with Crippen molar-refractivity contribution >= 4 is 40.7 Å². The number of amides is 1. The molecule has 0 spiro atoms. The topological polar surface area (TPSA) is 148 Å². The van der Waals surface area contributed by atoms with E-state index >= 15 is 0 Å². The van der Waals surface area contributed by atoms with Crippen molar-refractivity contribution in [2.75, 3.05) is 24.2 Å². The maximum atomic E-state index is 12.8. The molecule has 0 radical (unpaired) electrons. The summed E-state index contributed by atoms with van der Waals surface area (Å²) >= 11 is 1.47. The van der Waals surface area contributed by atoms with Crippen LogP contribution in [0.4, 0.5) is 5.82 Å². The van der Waals surface area contributed by atoms with Gasteiger partial charge in [0.2, 0.25) is 5.91 Å². The van der Waals surface area contributed by atoms with E-state index in [1.54, 1.807) is 0 Å². The van der Waals surface area contributed by atoms with Crippen molar-refractivity contribution in [3.05, 3.63) is 63.5 Å². The van der Waals surface area contributed by atoms with Crippen molar-refractivity contribution in [1.82, 2.24) is 14.9 Å². The lowest BCUT2D eigenvalue weighted by molar-refractivity contribution is -0.124. The first-order valence-corrected chi connectivity index (χ1v) is 11.9. The minimum absolute atomic E-state index is 0.00110. The number of hydrogen-bond donors (Lipinski definition) is 3. The van der Waals surface area contributed by atoms with Gasteiger partial charge in [0.25, 0.3) is 5.56 Å². The zero-order chi connectivity index (χ0) is 25.1. The van der Waals surface area contributed by atoms with Gasteiger partial charge in [0, 0.05) is 18.5 Å². The SMILES string of the molecule is C/C(=N/O)C(=[N-])CNc1nc(C(C)C)cn(CC(=O)NCC(=O)CSCc2ccccc2)c1=O. The van der Waals surface area contributed by atoms with Gasteiger partial charge in [0.15, 0.2) is 11.6 Å². The highest BCUT2D eigenvalue weighted by molar-refractivity contribution is 7.99. The number of anilines is 1. The third-order valence-electron chi connectivity index (χ3n) is 4.75. The lowest BCUT2D eigenvalue weighted by Gasteiger charge is -2.16. The van der Waals surface area contributed by atoms with E-state index in [2.05, 4.69) is 20.8 Å². The Morgan fingerprint density at radius 2 is 1.94 bits per heavy atom. The summed E-state index contributed by atoms with van der Waals surface area (Å²) < 4.78 is 1.21. The largest absolute Gasteiger partial charge is 0.805 e. The van der Waals surface area contributed by atoms with Crippen LogP contribution in [0.15, 0.2) is 46.5 Å². The molecule has 2 rings (SSSR count). The number of hydrogen-bond acceptors (Lipinski definition) is 8. The summed E-state index contributed by atoms with van der Waals surface area (Å²) in [7, 11) is 0. The quantitative estimate of drug-likeness (QED) is 0.224. The fourth-order valence-electron chi connectivity index (χ4n) is 2.74. The number of oxime groups is 1. The van der Waals surface area contributed by atoms with Crippen molar-refractivity contribution in [2.24, 2.45) is 5.16 Å². The van der Waals surface area contributed by atoms with Crippen LogP contribution in [0.3, 0.4) is 0 Å². The molecule has 1 amide bonds. The second-order valence-corrected chi connectivity index (χ2v) is 8.87. The number of nitrogens with one attached hydrogen (secondary N) is 2. The van der Waals surface area contributed by atoms with Crippen LogP contribution in [0, 0.1) is 0 Å². The van der Waals surface area contributed by atoms with Gasteiger partial charge in [-0.15, -0.1) is 17.5 Å². The van der Waals surface area contributed by atoms with Crippen molar-refractivity contribution in [3.8, 4) is 0 Å². The Hall–Kier alpha value is -3.47. The van der Waals surface area contributed by atoms with Crippen LogP contribution in [0.1, 0.15) is 37.9 Å². The molecule has 10 nitrogen and oxygen atoms in total. The van der Waals surface area contributed by atoms with Gasteiger partial charge >= 0.3 is 0 Å². The molecule has 34 heavy (non-hydrogen) atoms. The van der Waals surface area contributed by atoms with Crippen LogP contribution in [0.25, 0.3) is 5.41 Å². The first-order valence-electron chi connectivity index (χ1n) is 10.7. The average molecular weight is 486 g/mol. The Kier molecular flexibility index (Phi) is 10.5. The maximum Gasteiger partial charge on any atom is 0.293 e. The van der Waals surface area contributed by atoms with Gasteiger partial charge in [-0.05, 0) is 18.4 Å². The Morgan fingerprint density at radius 3 is 2.59 bits per heavy atom. The molecule has 0 saturated carbocycles. The molecule has 2 aromatic rings. The fourth-order valence-corrected chi connectivity index (χ4v) is 3.60. The molecule has 11 heteroatoms. The fraction of sp³-hybridized carbons (Fsp3) is 0.391. The summed E-state index contributed by atoms with van der Waals surface area (Å²) in [5, 5.41) is 26.7.